The number of nitrogen functional groups attached to an aromatic ring is 1. The van der Waals surface area contributed by atoms with Crippen LogP contribution in [-0.4, -0.2) is 6.61 Å². The number of ether oxygens (including phenoxy) is 1. The predicted octanol–water partition coefficient (Wildman–Crippen LogP) is 3.29. The van der Waals surface area contributed by atoms with Crippen LogP contribution in [0.1, 0.15) is 31.2 Å². The Labute approximate surface area is 95.6 Å². The second kappa shape index (κ2) is 4.73. The van der Waals surface area contributed by atoms with Crippen molar-refractivity contribution in [1.29, 1.82) is 0 Å². The minimum absolute atomic E-state index is 0.332. The number of rotatable bonds is 3. The first-order valence-corrected chi connectivity index (χ1v) is 5.85. The third-order valence-corrected chi connectivity index (χ3v) is 3.27. The van der Waals surface area contributed by atoms with Crippen LogP contribution in [-0.2, 0) is 0 Å². The zero-order valence-corrected chi connectivity index (χ0v) is 9.63. The minimum Gasteiger partial charge on any atom is -0.490 e. The summed E-state index contributed by atoms with van der Waals surface area (Å²) in [4.78, 5) is 0. The van der Waals surface area contributed by atoms with Crippen molar-refractivity contribution in [3.63, 3.8) is 0 Å². The van der Waals surface area contributed by atoms with Crippen molar-refractivity contribution >= 4 is 5.69 Å². The standard InChI is InChI=1S/C13H18FNO/c1-9-6-13(11(14)7-12(9)15)16-8-10-4-2-3-5-10/h6-7,10H,2-5,8,15H2,1H3. The maximum absolute atomic E-state index is 13.5. The van der Waals surface area contributed by atoms with E-state index >= 15 is 0 Å². The van der Waals surface area contributed by atoms with Crippen molar-refractivity contribution in [3.8, 4) is 5.75 Å². The lowest BCUT2D eigenvalue weighted by Gasteiger charge is -2.13. The van der Waals surface area contributed by atoms with Crippen LogP contribution >= 0.6 is 0 Å². The van der Waals surface area contributed by atoms with E-state index in [2.05, 4.69) is 0 Å². The molecule has 0 saturated heterocycles. The van der Waals surface area contributed by atoms with Gasteiger partial charge in [0.15, 0.2) is 11.6 Å². The number of nitrogens with two attached hydrogens (primary N) is 1. The Balaban J connectivity index is 2.00. The summed E-state index contributed by atoms with van der Waals surface area (Å²) in [5.74, 6) is 0.567. The molecule has 2 N–H and O–H groups in total. The summed E-state index contributed by atoms with van der Waals surface area (Å²) in [5.41, 5.74) is 6.95. The Hall–Kier alpha value is -1.25. The van der Waals surface area contributed by atoms with Crippen LogP contribution in [0, 0.1) is 18.7 Å². The largest absolute Gasteiger partial charge is 0.490 e. The fourth-order valence-electron chi connectivity index (χ4n) is 2.17. The second-order valence-electron chi connectivity index (χ2n) is 4.60. The number of anilines is 1. The van der Waals surface area contributed by atoms with E-state index in [4.69, 9.17) is 10.5 Å². The minimum atomic E-state index is -0.360. The highest BCUT2D eigenvalue weighted by molar-refractivity contribution is 5.50. The predicted molar refractivity (Wildman–Crippen MR) is 63.0 cm³/mol. The molecule has 3 heteroatoms. The summed E-state index contributed by atoms with van der Waals surface area (Å²) in [6.07, 6.45) is 4.96. The van der Waals surface area contributed by atoms with Gasteiger partial charge in [0.05, 0.1) is 6.61 Å². The van der Waals surface area contributed by atoms with Crippen molar-refractivity contribution in [1.82, 2.24) is 0 Å². The van der Waals surface area contributed by atoms with E-state index in [1.54, 1.807) is 6.07 Å². The molecule has 0 bridgehead atoms. The fourth-order valence-corrected chi connectivity index (χ4v) is 2.17. The Bertz CT molecular complexity index is 372. The van der Waals surface area contributed by atoms with Gasteiger partial charge in [-0.3, -0.25) is 0 Å². The van der Waals surface area contributed by atoms with E-state index < -0.39 is 0 Å². The molecule has 88 valence electrons. The molecule has 1 aromatic carbocycles. The van der Waals surface area contributed by atoms with E-state index in [0.717, 1.165) is 5.56 Å². The smallest absolute Gasteiger partial charge is 0.167 e. The van der Waals surface area contributed by atoms with Gasteiger partial charge in [0.25, 0.3) is 0 Å². The summed E-state index contributed by atoms with van der Waals surface area (Å²) in [5, 5.41) is 0. The summed E-state index contributed by atoms with van der Waals surface area (Å²) < 4.78 is 19.0. The molecule has 2 nitrogen and oxygen atoms in total. The zero-order valence-electron chi connectivity index (χ0n) is 9.63. The molecule has 0 atom stereocenters. The third kappa shape index (κ3) is 2.46. The summed E-state index contributed by atoms with van der Waals surface area (Å²) in [7, 11) is 0. The highest BCUT2D eigenvalue weighted by Gasteiger charge is 2.16. The fraction of sp³-hybridized carbons (Fsp3) is 0.538. The molecular formula is C13H18FNO. The number of benzene rings is 1. The molecule has 0 aliphatic heterocycles. The summed E-state index contributed by atoms with van der Waals surface area (Å²) in [6.45, 7) is 2.48. The molecule has 0 amide bonds. The number of halogens is 1. The average molecular weight is 223 g/mol. The molecule has 1 aliphatic carbocycles. The van der Waals surface area contributed by atoms with E-state index in [1.807, 2.05) is 6.92 Å². The van der Waals surface area contributed by atoms with Crippen LogP contribution in [0.25, 0.3) is 0 Å². The first-order chi connectivity index (χ1) is 7.66. The van der Waals surface area contributed by atoms with Crippen molar-refractivity contribution in [3.05, 3.63) is 23.5 Å². The molecular weight excluding hydrogens is 205 g/mol. The van der Waals surface area contributed by atoms with Crippen LogP contribution in [0.4, 0.5) is 10.1 Å². The number of hydrogen-bond acceptors (Lipinski definition) is 2. The lowest BCUT2D eigenvalue weighted by molar-refractivity contribution is 0.242. The van der Waals surface area contributed by atoms with Gasteiger partial charge in [-0.2, -0.15) is 0 Å². The SMILES string of the molecule is Cc1cc(OCC2CCCC2)c(F)cc1N. The normalized spacial score (nSPS) is 16.6. The highest BCUT2D eigenvalue weighted by Crippen LogP contribution is 2.28. The molecule has 2 rings (SSSR count). The first kappa shape index (κ1) is 11.2. The first-order valence-electron chi connectivity index (χ1n) is 5.85. The highest BCUT2D eigenvalue weighted by atomic mass is 19.1. The van der Waals surface area contributed by atoms with Gasteiger partial charge in [-0.05, 0) is 37.3 Å². The lowest BCUT2D eigenvalue weighted by atomic mass is 10.1. The van der Waals surface area contributed by atoms with Crippen molar-refractivity contribution < 1.29 is 9.13 Å². The van der Waals surface area contributed by atoms with E-state index in [9.17, 15) is 4.39 Å². The molecule has 1 aliphatic rings. The molecule has 0 heterocycles. The molecule has 0 radical (unpaired) electrons. The van der Waals surface area contributed by atoms with Gasteiger partial charge >= 0.3 is 0 Å². The van der Waals surface area contributed by atoms with Gasteiger partial charge in [0, 0.05) is 11.8 Å². The van der Waals surface area contributed by atoms with Crippen LogP contribution in [0.15, 0.2) is 12.1 Å². The second-order valence-corrected chi connectivity index (χ2v) is 4.60. The lowest BCUT2D eigenvalue weighted by Crippen LogP contribution is -2.09. The molecule has 1 saturated carbocycles. The Kier molecular flexibility index (Phi) is 3.32. The van der Waals surface area contributed by atoms with E-state index in [1.165, 1.54) is 31.7 Å². The van der Waals surface area contributed by atoms with E-state index in [-0.39, 0.29) is 5.82 Å². The third-order valence-electron chi connectivity index (χ3n) is 3.27. The summed E-state index contributed by atoms with van der Waals surface area (Å²) in [6, 6.07) is 3.01. The topological polar surface area (TPSA) is 35.2 Å². The van der Waals surface area contributed by atoms with Gasteiger partial charge in [-0.1, -0.05) is 12.8 Å². The Morgan fingerprint density at radius 1 is 1.38 bits per heavy atom. The molecule has 16 heavy (non-hydrogen) atoms. The van der Waals surface area contributed by atoms with Crippen LogP contribution < -0.4 is 10.5 Å². The van der Waals surface area contributed by atoms with Gasteiger partial charge in [0.1, 0.15) is 0 Å². The van der Waals surface area contributed by atoms with E-state index in [0.29, 0.717) is 24.0 Å². The Morgan fingerprint density at radius 3 is 2.75 bits per heavy atom. The van der Waals surface area contributed by atoms with Gasteiger partial charge in [-0.15, -0.1) is 0 Å². The van der Waals surface area contributed by atoms with Crippen LogP contribution in [0.2, 0.25) is 0 Å². The van der Waals surface area contributed by atoms with Gasteiger partial charge < -0.3 is 10.5 Å². The molecule has 0 spiro atoms. The van der Waals surface area contributed by atoms with Crippen molar-refractivity contribution in [2.24, 2.45) is 5.92 Å². The molecule has 0 unspecified atom stereocenters. The molecule has 1 aromatic rings. The van der Waals surface area contributed by atoms with Crippen molar-refractivity contribution in [2.75, 3.05) is 12.3 Å². The monoisotopic (exact) mass is 223 g/mol. The van der Waals surface area contributed by atoms with Gasteiger partial charge in [0.2, 0.25) is 0 Å². The summed E-state index contributed by atoms with van der Waals surface area (Å²) >= 11 is 0. The van der Waals surface area contributed by atoms with Crippen molar-refractivity contribution in [2.45, 2.75) is 32.6 Å². The number of hydrogen-bond donors (Lipinski definition) is 1. The number of aryl methyl sites for hydroxylation is 1. The van der Waals surface area contributed by atoms with Gasteiger partial charge in [-0.25, -0.2) is 4.39 Å². The van der Waals surface area contributed by atoms with Crippen LogP contribution in [0.5, 0.6) is 5.75 Å². The Morgan fingerprint density at radius 2 is 2.06 bits per heavy atom. The maximum Gasteiger partial charge on any atom is 0.167 e. The maximum atomic E-state index is 13.5. The molecule has 0 aromatic heterocycles. The zero-order chi connectivity index (χ0) is 11.5. The quantitative estimate of drug-likeness (QED) is 0.798. The average Bonchev–Trinajstić information content (AvgIpc) is 2.74. The molecule has 1 fully saturated rings. The van der Waals surface area contributed by atoms with Crippen LogP contribution in [0.3, 0.4) is 0 Å².